The molecule has 78 valence electrons. The third kappa shape index (κ3) is 3.33. The molecule has 0 saturated heterocycles. The van der Waals surface area contributed by atoms with Crippen molar-refractivity contribution in [2.75, 3.05) is 6.61 Å². The molecule has 1 rings (SSSR count). The van der Waals surface area contributed by atoms with Crippen molar-refractivity contribution < 1.29 is 17.0 Å². The number of benzene rings is 1. The molecule has 3 nitrogen and oxygen atoms in total. The van der Waals surface area contributed by atoms with Crippen LogP contribution in [-0.4, -0.2) is 15.0 Å². The Bertz CT molecular complexity index is 400. The molecule has 5 heteroatoms. The van der Waals surface area contributed by atoms with Crippen LogP contribution in [0.4, 0.5) is 3.89 Å². The number of hydrogen-bond acceptors (Lipinski definition) is 3. The zero-order chi connectivity index (χ0) is 10.6. The molecule has 0 atom stereocenters. The number of rotatable bonds is 4. The Labute approximate surface area is 82.7 Å². The van der Waals surface area contributed by atoms with Crippen molar-refractivity contribution in [3.05, 3.63) is 29.8 Å². The van der Waals surface area contributed by atoms with Gasteiger partial charge in [-0.15, -0.1) is 3.89 Å². The van der Waals surface area contributed by atoms with E-state index in [1.54, 1.807) is 25.1 Å². The van der Waals surface area contributed by atoms with Gasteiger partial charge in [-0.25, -0.2) is 0 Å². The fourth-order valence-electron chi connectivity index (χ4n) is 1.11. The topological polar surface area (TPSA) is 43.4 Å². The number of halogens is 1. The normalized spacial score (nSPS) is 11.3. The van der Waals surface area contributed by atoms with Crippen molar-refractivity contribution >= 4 is 10.2 Å². The van der Waals surface area contributed by atoms with Gasteiger partial charge in [-0.3, -0.25) is 0 Å². The third-order valence-corrected chi connectivity index (χ3v) is 2.26. The number of para-hydroxylation sites is 1. The van der Waals surface area contributed by atoms with Gasteiger partial charge < -0.3 is 4.74 Å². The fourth-order valence-corrected chi connectivity index (χ4v) is 1.72. The first kappa shape index (κ1) is 11.0. The molecule has 0 amide bonds. The molecule has 0 fully saturated rings. The molecule has 0 spiro atoms. The Morgan fingerprint density at radius 3 is 2.57 bits per heavy atom. The summed E-state index contributed by atoms with van der Waals surface area (Å²) in [5, 5.41) is 0. The second-order valence-electron chi connectivity index (χ2n) is 2.72. The summed E-state index contributed by atoms with van der Waals surface area (Å²) in [7, 11) is -4.50. The summed E-state index contributed by atoms with van der Waals surface area (Å²) >= 11 is 0. The van der Waals surface area contributed by atoms with E-state index in [1.807, 2.05) is 0 Å². The molecule has 0 unspecified atom stereocenters. The predicted octanol–water partition coefficient (Wildman–Crippen LogP) is 1.88. The van der Waals surface area contributed by atoms with Crippen LogP contribution in [0.5, 0.6) is 5.75 Å². The average Bonchev–Trinajstić information content (AvgIpc) is 2.06. The highest BCUT2D eigenvalue weighted by Gasteiger charge is 2.12. The summed E-state index contributed by atoms with van der Waals surface area (Å²) in [6.07, 6.45) is 0. The van der Waals surface area contributed by atoms with Gasteiger partial charge in [-0.2, -0.15) is 8.42 Å². The largest absolute Gasteiger partial charge is 0.494 e. The molecule has 0 heterocycles. The molecule has 1 aromatic rings. The highest BCUT2D eigenvalue weighted by molar-refractivity contribution is 7.85. The molecule has 0 bridgehead atoms. The molecular formula is C9H11FO3S. The van der Waals surface area contributed by atoms with Gasteiger partial charge in [0.1, 0.15) is 11.5 Å². The first-order chi connectivity index (χ1) is 6.53. The molecule has 0 N–H and O–H groups in total. The molecule has 0 aliphatic carbocycles. The summed E-state index contributed by atoms with van der Waals surface area (Å²) in [6, 6.07) is 6.49. The van der Waals surface area contributed by atoms with Crippen LogP contribution < -0.4 is 4.74 Å². The lowest BCUT2D eigenvalue weighted by atomic mass is 10.2. The maximum absolute atomic E-state index is 12.4. The molecule has 0 aromatic heterocycles. The van der Waals surface area contributed by atoms with Gasteiger partial charge in [0.05, 0.1) is 6.61 Å². The second kappa shape index (κ2) is 4.41. The zero-order valence-electron chi connectivity index (χ0n) is 7.73. The monoisotopic (exact) mass is 218 g/mol. The van der Waals surface area contributed by atoms with E-state index in [-0.39, 0.29) is 0 Å². The van der Waals surface area contributed by atoms with Gasteiger partial charge in [-0.05, 0) is 13.0 Å². The van der Waals surface area contributed by atoms with Crippen LogP contribution in [0.15, 0.2) is 24.3 Å². The van der Waals surface area contributed by atoms with Crippen LogP contribution in [0.2, 0.25) is 0 Å². The van der Waals surface area contributed by atoms with Crippen molar-refractivity contribution in [3.63, 3.8) is 0 Å². The van der Waals surface area contributed by atoms with E-state index in [1.165, 1.54) is 6.07 Å². The molecule has 0 saturated carbocycles. The average molecular weight is 218 g/mol. The maximum Gasteiger partial charge on any atom is 0.306 e. The SMILES string of the molecule is CCOc1ccccc1CS(=O)(=O)F. The zero-order valence-corrected chi connectivity index (χ0v) is 8.55. The first-order valence-corrected chi connectivity index (χ1v) is 5.71. The van der Waals surface area contributed by atoms with E-state index in [9.17, 15) is 12.3 Å². The maximum atomic E-state index is 12.4. The summed E-state index contributed by atoms with van der Waals surface area (Å²) in [5.74, 6) is -0.223. The van der Waals surface area contributed by atoms with Crippen molar-refractivity contribution in [1.82, 2.24) is 0 Å². The lowest BCUT2D eigenvalue weighted by molar-refractivity contribution is 0.337. The van der Waals surface area contributed by atoms with E-state index >= 15 is 0 Å². The van der Waals surface area contributed by atoms with E-state index < -0.39 is 16.0 Å². The highest BCUT2D eigenvalue weighted by atomic mass is 32.3. The van der Waals surface area contributed by atoms with Crippen LogP contribution in [0.3, 0.4) is 0 Å². The van der Waals surface area contributed by atoms with Crippen molar-refractivity contribution in [3.8, 4) is 5.75 Å². The third-order valence-electron chi connectivity index (χ3n) is 1.60. The Morgan fingerprint density at radius 1 is 1.36 bits per heavy atom. The lowest BCUT2D eigenvalue weighted by Crippen LogP contribution is -2.01. The summed E-state index contributed by atoms with van der Waals surface area (Å²) in [5.41, 5.74) is 0.344. The number of ether oxygens (including phenoxy) is 1. The highest BCUT2D eigenvalue weighted by Crippen LogP contribution is 2.20. The van der Waals surface area contributed by atoms with E-state index in [0.29, 0.717) is 17.9 Å². The lowest BCUT2D eigenvalue weighted by Gasteiger charge is -2.07. The van der Waals surface area contributed by atoms with Gasteiger partial charge in [0.2, 0.25) is 0 Å². The molecule has 0 radical (unpaired) electrons. The Hall–Kier alpha value is -1.10. The minimum absolute atomic E-state index is 0.344. The summed E-state index contributed by atoms with van der Waals surface area (Å²) in [4.78, 5) is 0. The Balaban J connectivity index is 2.95. The van der Waals surface area contributed by atoms with E-state index in [2.05, 4.69) is 0 Å². The predicted molar refractivity (Wildman–Crippen MR) is 51.3 cm³/mol. The second-order valence-corrected chi connectivity index (χ2v) is 4.09. The summed E-state index contributed by atoms with van der Waals surface area (Å²) in [6.45, 7) is 2.20. The van der Waals surface area contributed by atoms with E-state index in [0.717, 1.165) is 0 Å². The van der Waals surface area contributed by atoms with Crippen LogP contribution in [0, 0.1) is 0 Å². The molecule has 14 heavy (non-hydrogen) atoms. The van der Waals surface area contributed by atoms with Crippen LogP contribution in [0.1, 0.15) is 12.5 Å². The minimum atomic E-state index is -4.50. The van der Waals surface area contributed by atoms with Crippen molar-refractivity contribution in [1.29, 1.82) is 0 Å². The fraction of sp³-hybridized carbons (Fsp3) is 0.333. The van der Waals surface area contributed by atoms with Crippen LogP contribution in [0.25, 0.3) is 0 Å². The van der Waals surface area contributed by atoms with Gasteiger partial charge in [0.15, 0.2) is 0 Å². The quantitative estimate of drug-likeness (QED) is 0.725. The van der Waals surface area contributed by atoms with Crippen molar-refractivity contribution in [2.45, 2.75) is 12.7 Å². The number of hydrogen-bond donors (Lipinski definition) is 0. The molecule has 0 aliphatic heterocycles. The van der Waals surface area contributed by atoms with Gasteiger partial charge in [0.25, 0.3) is 0 Å². The van der Waals surface area contributed by atoms with Crippen molar-refractivity contribution in [2.24, 2.45) is 0 Å². The molecule has 0 aliphatic rings. The smallest absolute Gasteiger partial charge is 0.306 e. The van der Waals surface area contributed by atoms with Gasteiger partial charge in [-0.1, -0.05) is 18.2 Å². The standard InChI is InChI=1S/C9H11FO3S/c1-2-13-9-6-4-3-5-8(9)7-14(10,11)12/h3-6H,2,7H2,1H3. The minimum Gasteiger partial charge on any atom is -0.494 e. The molecular weight excluding hydrogens is 207 g/mol. The van der Waals surface area contributed by atoms with Gasteiger partial charge in [0, 0.05) is 5.56 Å². The molecule has 1 aromatic carbocycles. The van der Waals surface area contributed by atoms with Crippen LogP contribution in [-0.2, 0) is 16.0 Å². The first-order valence-electron chi connectivity index (χ1n) is 4.16. The van der Waals surface area contributed by atoms with Gasteiger partial charge >= 0.3 is 10.2 Å². The van der Waals surface area contributed by atoms with Crippen LogP contribution >= 0.6 is 0 Å². The Morgan fingerprint density at radius 2 is 2.00 bits per heavy atom. The summed E-state index contributed by atoms with van der Waals surface area (Å²) < 4.78 is 38.4. The van der Waals surface area contributed by atoms with E-state index in [4.69, 9.17) is 4.74 Å². The Kier molecular flexibility index (Phi) is 3.46.